The standard InChI is InChI=1S/C15H12Br2O2S/c1-2-19-15(18)10-3-6-12(7-4-10)20-14-8-5-11(16)9-13(14)17/h3-9H,2H2,1H3. The number of carbonyl (C=O) groups is 1. The van der Waals surface area contributed by atoms with E-state index in [0.717, 1.165) is 18.7 Å². The minimum absolute atomic E-state index is 0.283. The van der Waals surface area contributed by atoms with Gasteiger partial charge in [0.25, 0.3) is 0 Å². The highest BCUT2D eigenvalue weighted by Crippen LogP contribution is 2.35. The van der Waals surface area contributed by atoms with Gasteiger partial charge in [-0.3, -0.25) is 0 Å². The van der Waals surface area contributed by atoms with Gasteiger partial charge in [0.2, 0.25) is 0 Å². The first-order chi connectivity index (χ1) is 9.60. The van der Waals surface area contributed by atoms with Crippen LogP contribution in [-0.4, -0.2) is 12.6 Å². The Balaban J connectivity index is 2.12. The summed E-state index contributed by atoms with van der Waals surface area (Å²) in [5.74, 6) is -0.283. The average Bonchev–Trinajstić information content (AvgIpc) is 2.43. The highest BCUT2D eigenvalue weighted by atomic mass is 79.9. The second kappa shape index (κ2) is 7.29. The monoisotopic (exact) mass is 414 g/mol. The van der Waals surface area contributed by atoms with Crippen LogP contribution in [0.15, 0.2) is 61.2 Å². The summed E-state index contributed by atoms with van der Waals surface area (Å²) in [6.07, 6.45) is 0. The molecule has 0 unspecified atom stereocenters. The van der Waals surface area contributed by atoms with Crippen LogP contribution in [-0.2, 0) is 4.74 Å². The van der Waals surface area contributed by atoms with Crippen LogP contribution in [0, 0.1) is 0 Å². The van der Waals surface area contributed by atoms with Crippen LogP contribution in [0.4, 0.5) is 0 Å². The SMILES string of the molecule is CCOC(=O)c1ccc(Sc2ccc(Br)cc2Br)cc1. The third-order valence-electron chi connectivity index (χ3n) is 2.49. The molecule has 0 aliphatic heterocycles. The Morgan fingerprint density at radius 1 is 1.15 bits per heavy atom. The van der Waals surface area contributed by atoms with E-state index in [9.17, 15) is 4.79 Å². The molecule has 0 atom stereocenters. The molecular formula is C15H12Br2O2S. The normalized spacial score (nSPS) is 10.3. The van der Waals surface area contributed by atoms with Crippen LogP contribution in [0.3, 0.4) is 0 Å². The van der Waals surface area contributed by atoms with Crippen molar-refractivity contribution in [2.75, 3.05) is 6.61 Å². The molecule has 0 bridgehead atoms. The molecule has 0 aliphatic carbocycles. The van der Waals surface area contributed by atoms with Crippen LogP contribution in [0.2, 0.25) is 0 Å². The summed E-state index contributed by atoms with van der Waals surface area (Å²) < 4.78 is 7.03. The Morgan fingerprint density at radius 2 is 1.85 bits per heavy atom. The smallest absolute Gasteiger partial charge is 0.338 e. The first-order valence-electron chi connectivity index (χ1n) is 6.00. The van der Waals surface area contributed by atoms with E-state index in [0.29, 0.717) is 12.2 Å². The van der Waals surface area contributed by atoms with Gasteiger partial charge in [-0.25, -0.2) is 4.79 Å². The molecule has 0 saturated heterocycles. The van der Waals surface area contributed by atoms with E-state index in [1.165, 1.54) is 0 Å². The first-order valence-corrected chi connectivity index (χ1v) is 8.40. The number of halogens is 2. The second-order valence-electron chi connectivity index (χ2n) is 3.92. The van der Waals surface area contributed by atoms with E-state index in [1.54, 1.807) is 30.8 Å². The van der Waals surface area contributed by atoms with E-state index in [2.05, 4.69) is 31.9 Å². The number of ether oxygens (including phenoxy) is 1. The fourth-order valence-corrected chi connectivity index (χ4v) is 3.67. The molecule has 0 amide bonds. The number of carbonyl (C=O) groups excluding carboxylic acids is 1. The van der Waals surface area contributed by atoms with Crippen LogP contribution in [0.5, 0.6) is 0 Å². The maximum absolute atomic E-state index is 11.6. The summed E-state index contributed by atoms with van der Waals surface area (Å²) in [6, 6.07) is 13.5. The lowest BCUT2D eigenvalue weighted by Crippen LogP contribution is -2.03. The number of hydrogen-bond acceptors (Lipinski definition) is 3. The number of hydrogen-bond donors (Lipinski definition) is 0. The van der Waals surface area contributed by atoms with E-state index < -0.39 is 0 Å². The van der Waals surface area contributed by atoms with Gasteiger partial charge in [-0.2, -0.15) is 0 Å². The molecule has 0 heterocycles. The van der Waals surface area contributed by atoms with Crippen molar-refractivity contribution >= 4 is 49.6 Å². The minimum Gasteiger partial charge on any atom is -0.462 e. The molecule has 20 heavy (non-hydrogen) atoms. The summed E-state index contributed by atoms with van der Waals surface area (Å²) in [7, 11) is 0. The summed E-state index contributed by atoms with van der Waals surface area (Å²) in [5.41, 5.74) is 0.575. The zero-order chi connectivity index (χ0) is 14.5. The van der Waals surface area contributed by atoms with Crippen LogP contribution >= 0.6 is 43.6 Å². The highest BCUT2D eigenvalue weighted by molar-refractivity contribution is 9.11. The predicted molar refractivity (Wildman–Crippen MR) is 88.4 cm³/mol. The molecule has 0 N–H and O–H groups in total. The maximum Gasteiger partial charge on any atom is 0.338 e. The van der Waals surface area contributed by atoms with Crippen molar-refractivity contribution in [2.24, 2.45) is 0 Å². The van der Waals surface area contributed by atoms with Crippen molar-refractivity contribution < 1.29 is 9.53 Å². The zero-order valence-corrected chi connectivity index (χ0v) is 14.7. The molecule has 2 nitrogen and oxygen atoms in total. The van der Waals surface area contributed by atoms with Crippen LogP contribution in [0.25, 0.3) is 0 Å². The van der Waals surface area contributed by atoms with E-state index >= 15 is 0 Å². The lowest BCUT2D eigenvalue weighted by atomic mass is 10.2. The van der Waals surface area contributed by atoms with Gasteiger partial charge in [-0.15, -0.1) is 0 Å². The van der Waals surface area contributed by atoms with E-state index in [-0.39, 0.29) is 5.97 Å². The van der Waals surface area contributed by atoms with Crippen molar-refractivity contribution in [1.29, 1.82) is 0 Å². The molecular weight excluding hydrogens is 404 g/mol. The van der Waals surface area contributed by atoms with E-state index in [4.69, 9.17) is 4.74 Å². The molecule has 5 heteroatoms. The van der Waals surface area contributed by atoms with Crippen molar-refractivity contribution in [2.45, 2.75) is 16.7 Å². The van der Waals surface area contributed by atoms with Gasteiger partial charge in [-0.1, -0.05) is 27.7 Å². The highest BCUT2D eigenvalue weighted by Gasteiger charge is 2.07. The van der Waals surface area contributed by atoms with Gasteiger partial charge < -0.3 is 4.74 Å². The first kappa shape index (κ1) is 15.6. The molecule has 0 aliphatic rings. The molecule has 2 aromatic rings. The topological polar surface area (TPSA) is 26.3 Å². The van der Waals surface area contributed by atoms with Gasteiger partial charge >= 0.3 is 5.97 Å². The summed E-state index contributed by atoms with van der Waals surface area (Å²) in [6.45, 7) is 2.19. The molecule has 0 fully saturated rings. The molecule has 2 rings (SSSR count). The van der Waals surface area contributed by atoms with Crippen molar-refractivity contribution in [3.63, 3.8) is 0 Å². The fourth-order valence-electron chi connectivity index (χ4n) is 1.56. The lowest BCUT2D eigenvalue weighted by molar-refractivity contribution is 0.0526. The second-order valence-corrected chi connectivity index (χ2v) is 6.81. The Bertz CT molecular complexity index is 612. The molecule has 104 valence electrons. The molecule has 0 radical (unpaired) electrons. The largest absolute Gasteiger partial charge is 0.462 e. The Labute approximate surface area is 139 Å². The Hall–Kier alpha value is -0.780. The molecule has 2 aromatic carbocycles. The van der Waals surface area contributed by atoms with Crippen molar-refractivity contribution in [3.8, 4) is 0 Å². The van der Waals surface area contributed by atoms with Gasteiger partial charge in [0.05, 0.1) is 12.2 Å². The molecule has 0 aromatic heterocycles. The number of benzene rings is 2. The predicted octanol–water partition coefficient (Wildman–Crippen LogP) is 5.54. The number of rotatable bonds is 4. The zero-order valence-electron chi connectivity index (χ0n) is 10.7. The van der Waals surface area contributed by atoms with Gasteiger partial charge in [-0.05, 0) is 65.3 Å². The summed E-state index contributed by atoms with van der Waals surface area (Å²) in [5, 5.41) is 0. The van der Waals surface area contributed by atoms with Crippen molar-refractivity contribution in [1.82, 2.24) is 0 Å². The Kier molecular flexibility index (Phi) is 5.69. The quantitative estimate of drug-likeness (QED) is 0.613. The summed E-state index contributed by atoms with van der Waals surface area (Å²) in [4.78, 5) is 13.8. The molecule has 0 saturated carbocycles. The third-order valence-corrected chi connectivity index (χ3v) is 4.98. The average molecular weight is 416 g/mol. The lowest BCUT2D eigenvalue weighted by Gasteiger charge is -2.06. The van der Waals surface area contributed by atoms with Gasteiger partial charge in [0.15, 0.2) is 0 Å². The van der Waals surface area contributed by atoms with E-state index in [1.807, 2.05) is 30.3 Å². The van der Waals surface area contributed by atoms with Gasteiger partial charge in [0, 0.05) is 18.7 Å². The van der Waals surface area contributed by atoms with Crippen molar-refractivity contribution in [3.05, 3.63) is 57.0 Å². The third kappa shape index (κ3) is 4.11. The maximum atomic E-state index is 11.6. The molecule has 0 spiro atoms. The Morgan fingerprint density at radius 3 is 2.45 bits per heavy atom. The van der Waals surface area contributed by atoms with Crippen LogP contribution in [0.1, 0.15) is 17.3 Å². The summed E-state index contributed by atoms with van der Waals surface area (Å²) >= 11 is 8.61. The van der Waals surface area contributed by atoms with Crippen LogP contribution < -0.4 is 0 Å². The fraction of sp³-hybridized carbons (Fsp3) is 0.133. The van der Waals surface area contributed by atoms with Gasteiger partial charge in [0.1, 0.15) is 0 Å². The minimum atomic E-state index is -0.283. The number of esters is 1.